The maximum absolute atomic E-state index is 12.5. The number of hydrogen-bond donors (Lipinski definition) is 2. The molecule has 168 valence electrons. The largest absolute Gasteiger partial charge is 0.478 e. The van der Waals surface area contributed by atoms with Crippen LogP contribution in [0.3, 0.4) is 0 Å². The van der Waals surface area contributed by atoms with Crippen LogP contribution in [0.2, 0.25) is 0 Å². The molecule has 0 saturated heterocycles. The average molecular weight is 436 g/mol. The van der Waals surface area contributed by atoms with Crippen LogP contribution in [0.4, 0.5) is 11.5 Å². The summed E-state index contributed by atoms with van der Waals surface area (Å²) in [6, 6.07) is 8.59. The molecule has 0 spiro atoms. The number of anilines is 2. The number of hydrogen-bond acceptors (Lipinski definition) is 5. The molecule has 0 bridgehead atoms. The fourth-order valence-electron chi connectivity index (χ4n) is 3.68. The van der Waals surface area contributed by atoms with Gasteiger partial charge in [-0.15, -0.1) is 0 Å². The topological polar surface area (TPSA) is 100 Å². The van der Waals surface area contributed by atoms with Crippen molar-refractivity contribution in [2.45, 2.75) is 40.7 Å². The van der Waals surface area contributed by atoms with Crippen LogP contribution in [-0.2, 0) is 13.0 Å². The van der Waals surface area contributed by atoms with Gasteiger partial charge in [0, 0.05) is 31.4 Å². The summed E-state index contributed by atoms with van der Waals surface area (Å²) in [4.78, 5) is 30.5. The number of amides is 1. The number of aryl methyl sites for hydroxylation is 3. The zero-order valence-electron chi connectivity index (χ0n) is 19.1. The number of nitrogens with one attached hydrogen (secondary N) is 1. The van der Waals surface area contributed by atoms with E-state index in [1.807, 2.05) is 49.5 Å². The summed E-state index contributed by atoms with van der Waals surface area (Å²) in [5.74, 6) is -1.07. The lowest BCUT2D eigenvalue weighted by molar-refractivity contribution is 0.0696. The Labute approximate surface area is 187 Å². The van der Waals surface area contributed by atoms with Crippen LogP contribution in [0.25, 0.3) is 0 Å². The molecule has 0 radical (unpaired) electrons. The molecule has 0 fully saturated rings. The Hall–Kier alpha value is -3.68. The lowest BCUT2D eigenvalue weighted by Gasteiger charge is -2.20. The van der Waals surface area contributed by atoms with Crippen molar-refractivity contribution in [3.63, 3.8) is 0 Å². The number of rotatable bonds is 8. The highest BCUT2D eigenvalue weighted by Crippen LogP contribution is 2.22. The number of carboxylic acid groups (broad SMARTS) is 1. The van der Waals surface area contributed by atoms with Gasteiger partial charge in [-0.05, 0) is 57.9 Å². The van der Waals surface area contributed by atoms with E-state index < -0.39 is 5.97 Å². The number of pyridine rings is 1. The molecule has 2 N–H and O–H groups in total. The number of aromatic carboxylic acids is 1. The quantitative estimate of drug-likeness (QED) is 0.557. The van der Waals surface area contributed by atoms with Gasteiger partial charge in [0.25, 0.3) is 5.91 Å². The number of carbonyl (C=O) groups excluding carboxylic acids is 1. The van der Waals surface area contributed by atoms with Crippen molar-refractivity contribution in [1.82, 2.24) is 14.8 Å². The van der Waals surface area contributed by atoms with Crippen LogP contribution in [0.15, 0.2) is 36.5 Å². The molecule has 0 aliphatic carbocycles. The summed E-state index contributed by atoms with van der Waals surface area (Å²) in [7, 11) is 1.81. The van der Waals surface area contributed by atoms with Crippen molar-refractivity contribution in [3.8, 4) is 0 Å². The maximum atomic E-state index is 12.5. The van der Waals surface area contributed by atoms with E-state index in [1.54, 1.807) is 12.1 Å². The van der Waals surface area contributed by atoms with Crippen molar-refractivity contribution >= 4 is 23.4 Å². The second-order valence-corrected chi connectivity index (χ2v) is 7.86. The molecule has 3 rings (SSSR count). The summed E-state index contributed by atoms with van der Waals surface area (Å²) in [5, 5.41) is 17.0. The average Bonchev–Trinajstić information content (AvgIpc) is 3.04. The summed E-state index contributed by atoms with van der Waals surface area (Å²) in [5.41, 5.74) is 5.19. The lowest BCUT2D eigenvalue weighted by Crippen LogP contribution is -2.24. The molecule has 0 aliphatic heterocycles. The second-order valence-electron chi connectivity index (χ2n) is 7.86. The first kappa shape index (κ1) is 23.0. The van der Waals surface area contributed by atoms with Gasteiger partial charge in [0.2, 0.25) is 0 Å². The van der Waals surface area contributed by atoms with E-state index in [9.17, 15) is 14.7 Å². The number of carbonyl (C=O) groups is 2. The molecule has 2 aromatic heterocycles. The Bertz CT molecular complexity index is 1140. The van der Waals surface area contributed by atoms with E-state index in [-0.39, 0.29) is 11.5 Å². The molecule has 0 unspecified atom stereocenters. The van der Waals surface area contributed by atoms with Crippen molar-refractivity contribution in [2.75, 3.05) is 23.8 Å². The lowest BCUT2D eigenvalue weighted by atomic mass is 10.1. The smallest absolute Gasteiger partial charge is 0.339 e. The van der Waals surface area contributed by atoms with Gasteiger partial charge in [0.15, 0.2) is 0 Å². The normalized spacial score (nSPS) is 10.8. The van der Waals surface area contributed by atoms with Gasteiger partial charge in [0.1, 0.15) is 11.4 Å². The fourth-order valence-corrected chi connectivity index (χ4v) is 3.68. The minimum absolute atomic E-state index is 0.0342. The summed E-state index contributed by atoms with van der Waals surface area (Å²) < 4.78 is 1.97. The van der Waals surface area contributed by atoms with Crippen molar-refractivity contribution in [1.29, 1.82) is 0 Å². The Balaban J connectivity index is 1.76. The summed E-state index contributed by atoms with van der Waals surface area (Å²) in [6.45, 7) is 9.42. The third-order valence-corrected chi connectivity index (χ3v) is 5.56. The first-order valence-corrected chi connectivity index (χ1v) is 10.6. The highest BCUT2D eigenvalue weighted by Gasteiger charge is 2.19. The van der Waals surface area contributed by atoms with Gasteiger partial charge in [-0.2, -0.15) is 5.10 Å². The first-order valence-electron chi connectivity index (χ1n) is 10.6. The van der Waals surface area contributed by atoms with E-state index in [4.69, 9.17) is 0 Å². The minimum Gasteiger partial charge on any atom is -0.478 e. The Morgan fingerprint density at radius 2 is 1.84 bits per heavy atom. The van der Waals surface area contributed by atoms with Crippen LogP contribution in [0, 0.1) is 20.8 Å². The Morgan fingerprint density at radius 1 is 1.16 bits per heavy atom. The third-order valence-electron chi connectivity index (χ3n) is 5.56. The Kier molecular flexibility index (Phi) is 6.92. The highest BCUT2D eigenvalue weighted by atomic mass is 16.4. The summed E-state index contributed by atoms with van der Waals surface area (Å²) in [6.07, 6.45) is 2.21. The third kappa shape index (κ3) is 4.96. The van der Waals surface area contributed by atoms with Crippen LogP contribution < -0.4 is 10.2 Å². The zero-order valence-corrected chi connectivity index (χ0v) is 19.1. The van der Waals surface area contributed by atoms with Crippen LogP contribution >= 0.6 is 0 Å². The fraction of sp³-hybridized carbons (Fsp3) is 0.333. The van der Waals surface area contributed by atoms with Crippen molar-refractivity contribution in [3.05, 3.63) is 70.2 Å². The maximum Gasteiger partial charge on any atom is 0.339 e. The molecular formula is C24H29N5O3. The first-order chi connectivity index (χ1) is 15.2. The van der Waals surface area contributed by atoms with Crippen LogP contribution in [-0.4, -0.2) is 45.3 Å². The minimum atomic E-state index is -1.10. The molecule has 32 heavy (non-hydrogen) atoms. The van der Waals surface area contributed by atoms with Crippen molar-refractivity contribution in [2.24, 2.45) is 0 Å². The van der Waals surface area contributed by atoms with Gasteiger partial charge in [-0.3, -0.25) is 9.48 Å². The molecule has 2 heterocycles. The molecule has 3 aromatic rings. The molecule has 0 aliphatic rings. The predicted octanol–water partition coefficient (Wildman–Crippen LogP) is 3.85. The molecule has 0 atom stereocenters. The van der Waals surface area contributed by atoms with Gasteiger partial charge in [-0.1, -0.05) is 17.7 Å². The van der Waals surface area contributed by atoms with Gasteiger partial charge < -0.3 is 15.3 Å². The van der Waals surface area contributed by atoms with Gasteiger partial charge in [-0.25, -0.2) is 9.78 Å². The molecule has 8 nitrogen and oxygen atoms in total. The van der Waals surface area contributed by atoms with Crippen LogP contribution in [0.5, 0.6) is 0 Å². The molecule has 1 amide bonds. The van der Waals surface area contributed by atoms with Crippen molar-refractivity contribution < 1.29 is 14.7 Å². The SMILES string of the molecule is CCn1nc(C)c(CCN(C)c2ncc(NC(=O)c3ccc(C)cc3)cc2C(=O)O)c1C. The van der Waals surface area contributed by atoms with E-state index in [0.29, 0.717) is 23.6 Å². The number of nitrogens with zero attached hydrogens (tertiary/aromatic N) is 4. The monoisotopic (exact) mass is 435 g/mol. The van der Waals surface area contributed by atoms with Gasteiger partial charge in [0.05, 0.1) is 17.6 Å². The molecule has 0 saturated carbocycles. The number of benzene rings is 1. The van der Waals surface area contributed by atoms with E-state index in [0.717, 1.165) is 35.5 Å². The van der Waals surface area contributed by atoms with Crippen LogP contribution in [0.1, 0.15) is 50.2 Å². The summed E-state index contributed by atoms with van der Waals surface area (Å²) >= 11 is 0. The van der Waals surface area contributed by atoms with E-state index >= 15 is 0 Å². The Morgan fingerprint density at radius 3 is 2.44 bits per heavy atom. The predicted molar refractivity (Wildman–Crippen MR) is 125 cm³/mol. The van der Waals surface area contributed by atoms with Gasteiger partial charge >= 0.3 is 5.97 Å². The zero-order chi connectivity index (χ0) is 23.4. The molecule has 1 aromatic carbocycles. The standard InChI is InChI=1S/C24H29N5O3/c1-6-29-17(4)20(16(3)27-29)11-12-28(5)22-21(24(31)32)13-19(14-25-22)26-23(30)18-9-7-15(2)8-10-18/h7-10,13-14H,6,11-12H2,1-5H3,(H,26,30)(H,31,32). The molecular weight excluding hydrogens is 406 g/mol. The van der Waals surface area contributed by atoms with E-state index in [2.05, 4.69) is 22.3 Å². The number of aromatic nitrogens is 3. The molecule has 8 heteroatoms. The number of carboxylic acids is 1. The van der Waals surface area contributed by atoms with E-state index in [1.165, 1.54) is 12.3 Å². The highest BCUT2D eigenvalue weighted by molar-refractivity contribution is 6.05. The number of likely N-dealkylation sites (N-methyl/N-ethyl adjacent to an activating group) is 1. The second kappa shape index (κ2) is 9.64.